The third-order valence-electron chi connectivity index (χ3n) is 5.34. The maximum atomic E-state index is 13.5. The summed E-state index contributed by atoms with van der Waals surface area (Å²) >= 11 is 0. The summed E-state index contributed by atoms with van der Waals surface area (Å²) in [5.74, 6) is 0.322. The van der Waals surface area contributed by atoms with E-state index < -0.39 is 5.91 Å². The fourth-order valence-electron chi connectivity index (χ4n) is 3.77. The van der Waals surface area contributed by atoms with Crippen molar-refractivity contribution in [2.45, 2.75) is 6.92 Å². The first-order chi connectivity index (χ1) is 15.1. The van der Waals surface area contributed by atoms with Gasteiger partial charge >= 0.3 is 0 Å². The van der Waals surface area contributed by atoms with Gasteiger partial charge < -0.3 is 14.8 Å². The van der Waals surface area contributed by atoms with E-state index in [9.17, 15) is 9.59 Å². The van der Waals surface area contributed by atoms with Crippen LogP contribution in [0, 0.1) is 6.92 Å². The van der Waals surface area contributed by atoms with Gasteiger partial charge in [0, 0.05) is 11.8 Å². The number of benzene rings is 3. The van der Waals surface area contributed by atoms with E-state index in [1.807, 2.05) is 61.5 Å². The molecule has 6 nitrogen and oxygen atoms in total. The van der Waals surface area contributed by atoms with Crippen molar-refractivity contribution in [2.75, 3.05) is 23.4 Å². The lowest BCUT2D eigenvalue weighted by Crippen LogP contribution is -2.32. The van der Waals surface area contributed by atoms with Gasteiger partial charge in [0.15, 0.2) is 11.5 Å². The number of anilines is 2. The van der Waals surface area contributed by atoms with E-state index in [2.05, 4.69) is 5.32 Å². The Morgan fingerprint density at radius 2 is 1.52 bits per heavy atom. The second-order valence-electron chi connectivity index (χ2n) is 7.33. The largest absolute Gasteiger partial charge is 0.486 e. The van der Waals surface area contributed by atoms with Crippen molar-refractivity contribution in [1.29, 1.82) is 0 Å². The van der Waals surface area contributed by atoms with Crippen LogP contribution in [-0.4, -0.2) is 25.0 Å². The van der Waals surface area contributed by atoms with Gasteiger partial charge in [-0.25, -0.2) is 4.90 Å². The van der Waals surface area contributed by atoms with E-state index in [0.717, 1.165) is 11.3 Å². The number of nitrogens with one attached hydrogen (secondary N) is 1. The zero-order valence-electron chi connectivity index (χ0n) is 16.9. The molecule has 154 valence electrons. The number of rotatable bonds is 4. The second kappa shape index (κ2) is 7.65. The highest BCUT2D eigenvalue weighted by molar-refractivity contribution is 6.46. The first-order valence-electron chi connectivity index (χ1n) is 10.0. The molecule has 2 aliphatic rings. The van der Waals surface area contributed by atoms with Gasteiger partial charge in [-0.05, 0) is 36.2 Å². The summed E-state index contributed by atoms with van der Waals surface area (Å²) in [7, 11) is 0. The SMILES string of the molecule is Cc1ccccc1NC1=C(c2ccccc2)C(=O)N(c2ccc3c(c2)OCCO3)C1=O. The van der Waals surface area contributed by atoms with Crippen LogP contribution in [0.4, 0.5) is 11.4 Å². The highest BCUT2D eigenvalue weighted by Gasteiger charge is 2.40. The predicted octanol–water partition coefficient (Wildman–Crippen LogP) is 4.16. The summed E-state index contributed by atoms with van der Waals surface area (Å²) < 4.78 is 11.2. The van der Waals surface area contributed by atoms with Crippen molar-refractivity contribution in [1.82, 2.24) is 0 Å². The van der Waals surface area contributed by atoms with Crippen LogP contribution in [0.25, 0.3) is 5.57 Å². The van der Waals surface area contributed by atoms with E-state index in [0.29, 0.717) is 41.5 Å². The third kappa shape index (κ3) is 3.32. The Labute approximate surface area is 179 Å². The highest BCUT2D eigenvalue weighted by Crippen LogP contribution is 2.38. The van der Waals surface area contributed by atoms with Gasteiger partial charge in [-0.2, -0.15) is 0 Å². The quantitative estimate of drug-likeness (QED) is 0.652. The topological polar surface area (TPSA) is 67.9 Å². The molecule has 0 bridgehead atoms. The molecule has 2 amide bonds. The van der Waals surface area contributed by atoms with E-state index in [1.54, 1.807) is 18.2 Å². The molecule has 0 atom stereocenters. The molecule has 0 spiro atoms. The molecule has 0 saturated heterocycles. The Kier molecular flexibility index (Phi) is 4.67. The molecule has 0 aromatic heterocycles. The van der Waals surface area contributed by atoms with Crippen LogP contribution < -0.4 is 19.7 Å². The molecule has 0 unspecified atom stereocenters. The van der Waals surface area contributed by atoms with Gasteiger partial charge in [0.25, 0.3) is 11.8 Å². The van der Waals surface area contributed by atoms with E-state index in [4.69, 9.17) is 9.47 Å². The molecule has 31 heavy (non-hydrogen) atoms. The van der Waals surface area contributed by atoms with Crippen molar-refractivity contribution in [2.24, 2.45) is 0 Å². The third-order valence-corrected chi connectivity index (χ3v) is 5.34. The maximum Gasteiger partial charge on any atom is 0.282 e. The Morgan fingerprint density at radius 1 is 0.806 bits per heavy atom. The minimum Gasteiger partial charge on any atom is -0.486 e. The summed E-state index contributed by atoms with van der Waals surface area (Å²) in [6.07, 6.45) is 0. The number of imide groups is 1. The number of aryl methyl sites for hydroxylation is 1. The Bertz CT molecular complexity index is 1220. The number of hydrogen-bond donors (Lipinski definition) is 1. The number of carbonyl (C=O) groups is 2. The lowest BCUT2D eigenvalue weighted by molar-refractivity contribution is -0.120. The van der Waals surface area contributed by atoms with Crippen LogP contribution >= 0.6 is 0 Å². The van der Waals surface area contributed by atoms with E-state index in [-0.39, 0.29) is 11.6 Å². The number of para-hydroxylation sites is 1. The molecule has 3 aromatic rings. The molecular formula is C25H20N2O4. The Balaban J connectivity index is 1.59. The molecule has 5 rings (SSSR count). The fraction of sp³-hybridized carbons (Fsp3) is 0.120. The molecule has 0 radical (unpaired) electrons. The zero-order valence-corrected chi connectivity index (χ0v) is 16.9. The van der Waals surface area contributed by atoms with Crippen molar-refractivity contribution >= 4 is 28.8 Å². The average Bonchev–Trinajstić information content (AvgIpc) is 3.05. The van der Waals surface area contributed by atoms with Gasteiger partial charge in [-0.1, -0.05) is 48.5 Å². The van der Waals surface area contributed by atoms with Crippen molar-refractivity contribution in [3.05, 3.63) is 89.6 Å². The van der Waals surface area contributed by atoms with Crippen LogP contribution in [0.1, 0.15) is 11.1 Å². The van der Waals surface area contributed by atoms with Gasteiger partial charge in [0.1, 0.15) is 18.9 Å². The molecule has 6 heteroatoms. The highest BCUT2D eigenvalue weighted by atomic mass is 16.6. The Hall–Kier alpha value is -4.06. The lowest BCUT2D eigenvalue weighted by atomic mass is 10.0. The smallest absolute Gasteiger partial charge is 0.282 e. The monoisotopic (exact) mass is 412 g/mol. The first kappa shape index (κ1) is 18.9. The second-order valence-corrected chi connectivity index (χ2v) is 7.33. The number of amides is 2. The molecular weight excluding hydrogens is 392 g/mol. The van der Waals surface area contributed by atoms with Crippen LogP contribution in [-0.2, 0) is 9.59 Å². The predicted molar refractivity (Wildman–Crippen MR) is 118 cm³/mol. The number of carbonyl (C=O) groups excluding carboxylic acids is 2. The van der Waals surface area contributed by atoms with Crippen molar-refractivity contribution in [3.8, 4) is 11.5 Å². The summed E-state index contributed by atoms with van der Waals surface area (Å²) in [4.78, 5) is 28.2. The fourth-order valence-corrected chi connectivity index (χ4v) is 3.77. The minimum absolute atomic E-state index is 0.250. The van der Waals surface area contributed by atoms with Gasteiger partial charge in [0.05, 0.1) is 11.3 Å². The average molecular weight is 412 g/mol. The van der Waals surface area contributed by atoms with Crippen LogP contribution in [0.2, 0.25) is 0 Å². The summed E-state index contributed by atoms with van der Waals surface area (Å²) in [6, 6.07) is 22.0. The van der Waals surface area contributed by atoms with Crippen LogP contribution in [0.15, 0.2) is 78.5 Å². The summed E-state index contributed by atoms with van der Waals surface area (Å²) in [5.41, 5.74) is 3.45. The zero-order chi connectivity index (χ0) is 21.4. The summed E-state index contributed by atoms with van der Waals surface area (Å²) in [6.45, 7) is 2.84. The molecule has 2 aliphatic heterocycles. The van der Waals surface area contributed by atoms with E-state index in [1.165, 1.54) is 4.90 Å². The molecule has 0 aliphatic carbocycles. The summed E-state index contributed by atoms with van der Waals surface area (Å²) in [5, 5.41) is 3.21. The molecule has 0 saturated carbocycles. The van der Waals surface area contributed by atoms with Gasteiger partial charge in [-0.15, -0.1) is 0 Å². The van der Waals surface area contributed by atoms with Crippen molar-refractivity contribution in [3.63, 3.8) is 0 Å². The standard InChI is InChI=1S/C25H20N2O4/c1-16-7-5-6-10-19(16)26-23-22(17-8-3-2-4-9-17)24(28)27(25(23)29)18-11-12-20-21(15-18)31-14-13-30-20/h2-12,15,26H,13-14H2,1H3. The lowest BCUT2D eigenvalue weighted by Gasteiger charge is -2.21. The number of nitrogens with zero attached hydrogens (tertiary/aromatic N) is 1. The molecule has 3 aromatic carbocycles. The minimum atomic E-state index is -0.413. The van der Waals surface area contributed by atoms with Gasteiger partial charge in [0.2, 0.25) is 0 Å². The van der Waals surface area contributed by atoms with Gasteiger partial charge in [-0.3, -0.25) is 9.59 Å². The maximum absolute atomic E-state index is 13.5. The number of fused-ring (bicyclic) bond motifs is 1. The number of ether oxygens (including phenoxy) is 2. The van der Waals surface area contributed by atoms with E-state index >= 15 is 0 Å². The Morgan fingerprint density at radius 3 is 2.29 bits per heavy atom. The molecule has 0 fully saturated rings. The molecule has 1 N–H and O–H groups in total. The molecule has 2 heterocycles. The van der Waals surface area contributed by atoms with Crippen molar-refractivity contribution < 1.29 is 19.1 Å². The first-order valence-corrected chi connectivity index (χ1v) is 10.0. The van der Waals surface area contributed by atoms with Crippen LogP contribution in [0.5, 0.6) is 11.5 Å². The van der Waals surface area contributed by atoms with Crippen LogP contribution in [0.3, 0.4) is 0 Å². The number of hydrogen-bond acceptors (Lipinski definition) is 5. The normalized spacial score (nSPS) is 15.5.